The number of ether oxygens (including phenoxy) is 1. The molecule has 0 saturated carbocycles. The standard InChI is InChI=1S/C26H35N7O2/c1-25(2,3)35-24(34)33-14-12-26(10-7-6-8-11-26)17(15-33)21-19(18-9-13-30-32(18)5)20-22(27)28-16-29-23(20)31(21)4/h6-7,9,13,16-17H,8,10-12,14-15H2,1-5H3,(H2,27,28,29). The Labute approximate surface area is 206 Å². The molecule has 1 fully saturated rings. The Morgan fingerprint density at radius 1 is 1.20 bits per heavy atom. The molecule has 35 heavy (non-hydrogen) atoms. The second-order valence-corrected chi connectivity index (χ2v) is 10.9. The normalized spacial score (nSPS) is 22.8. The molecule has 9 nitrogen and oxygen atoms in total. The molecule has 2 N–H and O–H groups in total. The highest BCUT2D eigenvalue weighted by Crippen LogP contribution is 2.54. The average molecular weight is 478 g/mol. The van der Waals surface area contributed by atoms with E-state index in [1.807, 2.05) is 50.5 Å². The fourth-order valence-corrected chi connectivity index (χ4v) is 5.94. The van der Waals surface area contributed by atoms with Gasteiger partial charge in [-0.3, -0.25) is 4.68 Å². The summed E-state index contributed by atoms with van der Waals surface area (Å²) in [6, 6.07) is 2.01. The maximum Gasteiger partial charge on any atom is 0.410 e. The van der Waals surface area contributed by atoms with Crippen molar-refractivity contribution in [2.24, 2.45) is 19.5 Å². The zero-order valence-electron chi connectivity index (χ0n) is 21.3. The Hall–Kier alpha value is -3.36. The lowest BCUT2D eigenvalue weighted by molar-refractivity contribution is 0.00134. The number of nitrogen functional groups attached to an aromatic ring is 1. The third-order valence-corrected chi connectivity index (χ3v) is 7.62. The zero-order chi connectivity index (χ0) is 25.0. The number of amides is 1. The van der Waals surface area contributed by atoms with Gasteiger partial charge in [0.15, 0.2) is 0 Å². The van der Waals surface area contributed by atoms with Gasteiger partial charge < -0.3 is 19.9 Å². The van der Waals surface area contributed by atoms with Crippen LogP contribution in [0.3, 0.4) is 0 Å². The van der Waals surface area contributed by atoms with Gasteiger partial charge in [-0.1, -0.05) is 12.2 Å². The highest BCUT2D eigenvalue weighted by Gasteiger charge is 2.47. The summed E-state index contributed by atoms with van der Waals surface area (Å²) >= 11 is 0. The summed E-state index contributed by atoms with van der Waals surface area (Å²) in [6.07, 6.45) is 11.6. The van der Waals surface area contributed by atoms with Crippen molar-refractivity contribution >= 4 is 22.9 Å². The van der Waals surface area contributed by atoms with Crippen LogP contribution >= 0.6 is 0 Å². The molecule has 2 atom stereocenters. The molecule has 0 aromatic carbocycles. The van der Waals surface area contributed by atoms with Crippen molar-refractivity contribution in [1.82, 2.24) is 29.2 Å². The van der Waals surface area contributed by atoms with Crippen LogP contribution in [-0.4, -0.2) is 54.0 Å². The Kier molecular flexibility index (Phi) is 5.61. The van der Waals surface area contributed by atoms with Crippen molar-refractivity contribution in [2.45, 2.75) is 58.0 Å². The van der Waals surface area contributed by atoms with Gasteiger partial charge in [-0.2, -0.15) is 5.10 Å². The Bertz CT molecular complexity index is 1300. The van der Waals surface area contributed by atoms with Gasteiger partial charge in [0.25, 0.3) is 0 Å². The first-order valence-corrected chi connectivity index (χ1v) is 12.3. The lowest BCUT2D eigenvalue weighted by Crippen LogP contribution is -2.50. The topological polar surface area (TPSA) is 104 Å². The van der Waals surface area contributed by atoms with E-state index in [0.29, 0.717) is 18.9 Å². The molecule has 2 unspecified atom stereocenters. The quantitative estimate of drug-likeness (QED) is 0.549. The van der Waals surface area contributed by atoms with Crippen LogP contribution in [0.15, 0.2) is 30.7 Å². The van der Waals surface area contributed by atoms with E-state index in [1.54, 1.807) is 6.20 Å². The molecular weight excluding hydrogens is 442 g/mol. The number of likely N-dealkylation sites (tertiary alicyclic amines) is 1. The number of hydrogen-bond donors (Lipinski definition) is 1. The van der Waals surface area contributed by atoms with Crippen LogP contribution in [0.4, 0.5) is 10.6 Å². The number of rotatable bonds is 2. The lowest BCUT2D eigenvalue weighted by atomic mass is 9.62. The summed E-state index contributed by atoms with van der Waals surface area (Å²) in [5.41, 5.74) is 9.82. The smallest absolute Gasteiger partial charge is 0.410 e. The second-order valence-electron chi connectivity index (χ2n) is 10.9. The molecule has 1 amide bonds. The van der Waals surface area contributed by atoms with Gasteiger partial charge in [-0.05, 0) is 57.9 Å². The van der Waals surface area contributed by atoms with Gasteiger partial charge >= 0.3 is 6.09 Å². The van der Waals surface area contributed by atoms with E-state index >= 15 is 0 Å². The summed E-state index contributed by atoms with van der Waals surface area (Å²) < 4.78 is 9.80. The summed E-state index contributed by atoms with van der Waals surface area (Å²) in [7, 11) is 3.98. The minimum atomic E-state index is -0.543. The number of hydrogen-bond acceptors (Lipinski definition) is 6. The molecule has 0 bridgehead atoms. The van der Waals surface area contributed by atoms with Crippen molar-refractivity contribution in [3.05, 3.63) is 36.4 Å². The minimum absolute atomic E-state index is 0.0327. The van der Waals surface area contributed by atoms with Gasteiger partial charge in [-0.15, -0.1) is 0 Å². The van der Waals surface area contributed by atoms with E-state index in [2.05, 4.69) is 31.8 Å². The van der Waals surface area contributed by atoms with Gasteiger partial charge in [0, 0.05) is 50.6 Å². The number of fused-ring (bicyclic) bond motifs is 1. The van der Waals surface area contributed by atoms with E-state index in [-0.39, 0.29) is 17.4 Å². The van der Waals surface area contributed by atoms with Crippen LogP contribution < -0.4 is 5.73 Å². The van der Waals surface area contributed by atoms with Crippen LogP contribution in [0.5, 0.6) is 0 Å². The van der Waals surface area contributed by atoms with Crippen LogP contribution in [-0.2, 0) is 18.8 Å². The Morgan fingerprint density at radius 3 is 2.66 bits per heavy atom. The molecule has 1 spiro atoms. The molecule has 4 heterocycles. The van der Waals surface area contributed by atoms with E-state index in [1.165, 1.54) is 6.33 Å². The van der Waals surface area contributed by atoms with Crippen molar-refractivity contribution in [1.29, 1.82) is 0 Å². The van der Waals surface area contributed by atoms with Crippen molar-refractivity contribution in [2.75, 3.05) is 18.8 Å². The number of nitrogens with two attached hydrogens (primary N) is 1. The van der Waals surface area contributed by atoms with E-state index < -0.39 is 5.60 Å². The highest BCUT2D eigenvalue weighted by molar-refractivity contribution is 6.02. The number of piperidine rings is 1. The highest BCUT2D eigenvalue weighted by atomic mass is 16.6. The molecule has 0 radical (unpaired) electrons. The Morgan fingerprint density at radius 2 is 2.00 bits per heavy atom. The monoisotopic (exact) mass is 477 g/mol. The number of nitrogens with zero attached hydrogens (tertiary/aromatic N) is 6. The van der Waals surface area contributed by atoms with Gasteiger partial charge in [0.1, 0.15) is 23.4 Å². The van der Waals surface area contributed by atoms with Gasteiger partial charge in [0.2, 0.25) is 0 Å². The van der Waals surface area contributed by atoms with Crippen LogP contribution in [0, 0.1) is 5.41 Å². The van der Waals surface area contributed by atoms with Crippen LogP contribution in [0.2, 0.25) is 0 Å². The molecule has 1 saturated heterocycles. The minimum Gasteiger partial charge on any atom is -0.444 e. The van der Waals surface area contributed by atoms with E-state index in [9.17, 15) is 4.79 Å². The summed E-state index contributed by atoms with van der Waals surface area (Å²) in [5, 5.41) is 5.28. The fraction of sp³-hybridized carbons (Fsp3) is 0.538. The molecule has 3 aromatic heterocycles. The third kappa shape index (κ3) is 3.96. The van der Waals surface area contributed by atoms with Crippen LogP contribution in [0.25, 0.3) is 22.3 Å². The molecule has 5 rings (SSSR count). The van der Waals surface area contributed by atoms with Gasteiger partial charge in [0.05, 0.1) is 11.1 Å². The number of anilines is 1. The first-order valence-electron chi connectivity index (χ1n) is 12.3. The SMILES string of the molecule is Cn1nccc1-c1c(C2CN(C(=O)OC(C)(C)C)CCC23CC=CCC3)n(C)c2ncnc(N)c12. The van der Waals surface area contributed by atoms with E-state index in [0.717, 1.165) is 53.7 Å². The molecule has 3 aromatic rings. The molecule has 186 valence electrons. The van der Waals surface area contributed by atoms with E-state index in [4.69, 9.17) is 10.5 Å². The Balaban J connectivity index is 1.71. The van der Waals surface area contributed by atoms with Crippen molar-refractivity contribution in [3.8, 4) is 11.3 Å². The molecule has 1 aliphatic heterocycles. The predicted octanol–water partition coefficient (Wildman–Crippen LogP) is 4.40. The van der Waals surface area contributed by atoms with Gasteiger partial charge in [-0.25, -0.2) is 14.8 Å². The predicted molar refractivity (Wildman–Crippen MR) is 136 cm³/mol. The largest absolute Gasteiger partial charge is 0.444 e. The number of carbonyl (C=O) groups excluding carboxylic acids is 1. The number of aryl methyl sites for hydroxylation is 2. The fourth-order valence-electron chi connectivity index (χ4n) is 5.94. The number of aromatic nitrogens is 5. The second kappa shape index (κ2) is 8.39. The molecular formula is C26H35N7O2. The van der Waals surface area contributed by atoms with Crippen molar-refractivity contribution in [3.63, 3.8) is 0 Å². The molecule has 1 aliphatic carbocycles. The van der Waals surface area contributed by atoms with Crippen molar-refractivity contribution < 1.29 is 9.53 Å². The number of carbonyl (C=O) groups is 1. The number of allylic oxidation sites excluding steroid dienone is 2. The summed E-state index contributed by atoms with van der Waals surface area (Å²) in [6.45, 7) is 6.99. The molecule has 9 heteroatoms. The average Bonchev–Trinajstić information content (AvgIpc) is 3.35. The summed E-state index contributed by atoms with van der Waals surface area (Å²) in [5.74, 6) is 0.516. The maximum atomic E-state index is 13.2. The lowest BCUT2D eigenvalue weighted by Gasteiger charge is -2.49. The maximum absolute atomic E-state index is 13.2. The third-order valence-electron chi connectivity index (χ3n) is 7.62. The van der Waals surface area contributed by atoms with Crippen LogP contribution in [0.1, 0.15) is 58.1 Å². The molecule has 2 aliphatic rings. The summed E-state index contributed by atoms with van der Waals surface area (Å²) in [4.78, 5) is 24.0. The first-order chi connectivity index (χ1) is 16.6. The zero-order valence-corrected chi connectivity index (χ0v) is 21.3. The first kappa shape index (κ1) is 23.4.